The first-order valence-corrected chi connectivity index (χ1v) is 19.5. The molecule has 260 valence electrons. The van der Waals surface area contributed by atoms with Crippen LogP contribution in [0.25, 0.3) is 0 Å². The number of carbonyl (C=O) groups excluding carboxylic acids is 1. The van der Waals surface area contributed by atoms with Crippen LogP contribution in [0.2, 0.25) is 0 Å². The maximum Gasteiger partial charge on any atom is 0.472 e. The van der Waals surface area contributed by atoms with Crippen LogP contribution < -0.4 is 11.1 Å². The number of rotatable bonds is 33. The van der Waals surface area contributed by atoms with E-state index < -0.39 is 20.0 Å². The fraction of sp³-hybridized carbons (Fsp3) is 0.857. The van der Waals surface area contributed by atoms with Crippen molar-refractivity contribution >= 4 is 13.7 Å². The highest BCUT2D eigenvalue weighted by Gasteiger charge is 2.26. The molecule has 0 spiro atoms. The fourth-order valence-corrected chi connectivity index (χ4v) is 5.77. The Balaban J connectivity index is 4.35. The van der Waals surface area contributed by atoms with Gasteiger partial charge in [-0.25, -0.2) is 4.57 Å². The van der Waals surface area contributed by atoms with E-state index in [4.69, 9.17) is 14.8 Å². The van der Waals surface area contributed by atoms with Crippen molar-refractivity contribution in [3.63, 3.8) is 0 Å². The summed E-state index contributed by atoms with van der Waals surface area (Å²) in [5, 5.41) is 13.6. The van der Waals surface area contributed by atoms with Gasteiger partial charge in [-0.2, -0.15) is 0 Å². The predicted molar refractivity (Wildman–Crippen MR) is 185 cm³/mol. The number of unbranched alkanes of at least 4 members (excludes halogenated alkanes) is 19. The maximum atomic E-state index is 12.6. The number of allylic oxidation sites excluding steroid dienone is 3. The van der Waals surface area contributed by atoms with E-state index in [2.05, 4.69) is 31.3 Å². The van der Waals surface area contributed by atoms with E-state index in [0.717, 1.165) is 64.2 Å². The number of phosphoric ester groups is 1. The number of phosphoric acid groups is 1. The lowest BCUT2D eigenvalue weighted by atomic mass is 10.0. The summed E-state index contributed by atoms with van der Waals surface area (Å²) in [5.41, 5.74) is 5.34. The SMILES string of the molecule is CCC/C=C\CCCCCCCC(=O)NC(COP(=O)(O)OCCN)C(O)/C=C/CCCCCCCCCCCCCCC. The summed E-state index contributed by atoms with van der Waals surface area (Å²) in [6, 6.07) is -0.859. The largest absolute Gasteiger partial charge is 0.472 e. The smallest absolute Gasteiger partial charge is 0.387 e. The van der Waals surface area contributed by atoms with Gasteiger partial charge < -0.3 is 21.1 Å². The zero-order chi connectivity index (χ0) is 32.6. The highest BCUT2D eigenvalue weighted by atomic mass is 31.2. The summed E-state index contributed by atoms with van der Waals surface area (Å²) in [6.45, 7) is 4.04. The van der Waals surface area contributed by atoms with E-state index in [-0.39, 0.29) is 25.7 Å². The van der Waals surface area contributed by atoms with Crippen LogP contribution in [0.5, 0.6) is 0 Å². The molecule has 0 fully saturated rings. The molecule has 3 atom stereocenters. The second-order valence-corrected chi connectivity index (χ2v) is 13.5. The van der Waals surface area contributed by atoms with E-state index in [1.807, 2.05) is 6.08 Å². The van der Waals surface area contributed by atoms with Gasteiger partial charge in [0.05, 0.1) is 25.4 Å². The molecule has 0 aromatic carbocycles. The lowest BCUT2D eigenvalue weighted by Crippen LogP contribution is -2.45. The molecule has 44 heavy (non-hydrogen) atoms. The van der Waals surface area contributed by atoms with Gasteiger partial charge in [0.25, 0.3) is 0 Å². The lowest BCUT2D eigenvalue weighted by molar-refractivity contribution is -0.123. The minimum Gasteiger partial charge on any atom is -0.387 e. The highest BCUT2D eigenvalue weighted by Crippen LogP contribution is 2.43. The summed E-state index contributed by atoms with van der Waals surface area (Å²) in [6.07, 6.45) is 33.6. The van der Waals surface area contributed by atoms with Crippen molar-refractivity contribution in [3.05, 3.63) is 24.3 Å². The highest BCUT2D eigenvalue weighted by molar-refractivity contribution is 7.47. The van der Waals surface area contributed by atoms with E-state index >= 15 is 0 Å². The van der Waals surface area contributed by atoms with E-state index in [0.29, 0.717) is 6.42 Å². The van der Waals surface area contributed by atoms with Gasteiger partial charge in [-0.1, -0.05) is 141 Å². The van der Waals surface area contributed by atoms with Crippen molar-refractivity contribution in [2.75, 3.05) is 19.8 Å². The Labute approximate surface area is 270 Å². The average molecular weight is 645 g/mol. The molecule has 3 unspecified atom stereocenters. The molecular weight excluding hydrogens is 575 g/mol. The number of aliphatic hydroxyl groups is 1. The first kappa shape index (κ1) is 43.0. The van der Waals surface area contributed by atoms with Gasteiger partial charge >= 0.3 is 7.82 Å². The summed E-state index contributed by atoms with van der Waals surface area (Å²) < 4.78 is 22.0. The quantitative estimate of drug-likeness (QED) is 0.0318. The minimum atomic E-state index is -4.33. The molecule has 0 aromatic rings. The van der Waals surface area contributed by atoms with Crippen LogP contribution in [0.3, 0.4) is 0 Å². The molecule has 0 aliphatic carbocycles. The zero-order valence-corrected chi connectivity index (χ0v) is 29.3. The Hall–Kier alpha value is -1.02. The first-order valence-electron chi connectivity index (χ1n) is 18.0. The second-order valence-electron chi connectivity index (χ2n) is 12.1. The first-order chi connectivity index (χ1) is 21.4. The Morgan fingerprint density at radius 1 is 0.727 bits per heavy atom. The third kappa shape index (κ3) is 29.7. The average Bonchev–Trinajstić information content (AvgIpc) is 3.01. The van der Waals surface area contributed by atoms with Crippen LogP contribution in [0, 0.1) is 0 Å². The number of nitrogens with one attached hydrogen (secondary N) is 1. The molecule has 0 saturated carbocycles. The van der Waals surface area contributed by atoms with Crippen molar-refractivity contribution in [2.24, 2.45) is 5.73 Å². The molecule has 0 heterocycles. The third-order valence-corrected chi connectivity index (χ3v) is 8.74. The molecule has 5 N–H and O–H groups in total. The Kier molecular flexibility index (Phi) is 31.2. The van der Waals surface area contributed by atoms with Crippen LogP contribution in [-0.2, 0) is 18.4 Å². The Morgan fingerprint density at radius 3 is 1.77 bits per heavy atom. The van der Waals surface area contributed by atoms with Crippen LogP contribution in [0.4, 0.5) is 0 Å². The Bertz CT molecular complexity index is 749. The molecule has 9 heteroatoms. The summed E-state index contributed by atoms with van der Waals surface area (Å²) in [4.78, 5) is 22.5. The predicted octanol–water partition coefficient (Wildman–Crippen LogP) is 9.05. The van der Waals surface area contributed by atoms with Crippen molar-refractivity contribution in [1.82, 2.24) is 5.32 Å². The van der Waals surface area contributed by atoms with Crippen LogP contribution in [0.1, 0.15) is 162 Å². The number of nitrogens with two attached hydrogens (primary N) is 1. The van der Waals surface area contributed by atoms with E-state index in [9.17, 15) is 19.4 Å². The van der Waals surface area contributed by atoms with Gasteiger partial charge in [-0.15, -0.1) is 0 Å². The lowest BCUT2D eigenvalue weighted by Gasteiger charge is -2.23. The molecule has 0 aromatic heterocycles. The molecule has 8 nitrogen and oxygen atoms in total. The topological polar surface area (TPSA) is 131 Å². The van der Waals surface area contributed by atoms with E-state index in [1.165, 1.54) is 77.0 Å². The van der Waals surface area contributed by atoms with Crippen molar-refractivity contribution in [2.45, 2.75) is 174 Å². The molecule has 0 aliphatic rings. The molecule has 0 radical (unpaired) electrons. The maximum absolute atomic E-state index is 12.6. The summed E-state index contributed by atoms with van der Waals surface area (Å²) in [5.74, 6) is -0.208. The number of amides is 1. The van der Waals surface area contributed by atoms with Crippen LogP contribution in [-0.4, -0.2) is 47.8 Å². The van der Waals surface area contributed by atoms with Crippen LogP contribution in [0.15, 0.2) is 24.3 Å². The van der Waals surface area contributed by atoms with Gasteiger partial charge in [-0.3, -0.25) is 13.8 Å². The second kappa shape index (κ2) is 31.9. The molecule has 0 rings (SSSR count). The van der Waals surface area contributed by atoms with Gasteiger partial charge in [0, 0.05) is 13.0 Å². The normalized spacial score (nSPS) is 14.8. The minimum absolute atomic E-state index is 0.0776. The molecule has 0 saturated heterocycles. The van der Waals surface area contributed by atoms with Gasteiger partial charge in [0.2, 0.25) is 5.91 Å². The molecular formula is C35H69N2O6P. The fourth-order valence-electron chi connectivity index (χ4n) is 5.01. The molecule has 0 bridgehead atoms. The third-order valence-electron chi connectivity index (χ3n) is 7.75. The number of hydrogen-bond acceptors (Lipinski definition) is 6. The van der Waals surface area contributed by atoms with Crippen molar-refractivity contribution in [3.8, 4) is 0 Å². The van der Waals surface area contributed by atoms with Crippen LogP contribution >= 0.6 is 7.82 Å². The summed E-state index contributed by atoms with van der Waals surface area (Å²) in [7, 11) is -4.33. The Morgan fingerprint density at radius 2 is 1.23 bits per heavy atom. The monoisotopic (exact) mass is 644 g/mol. The number of carbonyl (C=O) groups is 1. The molecule has 1 amide bonds. The zero-order valence-electron chi connectivity index (χ0n) is 28.4. The van der Waals surface area contributed by atoms with Gasteiger partial charge in [0.1, 0.15) is 0 Å². The van der Waals surface area contributed by atoms with E-state index in [1.54, 1.807) is 6.08 Å². The van der Waals surface area contributed by atoms with Crippen molar-refractivity contribution in [1.29, 1.82) is 0 Å². The number of aliphatic hydroxyl groups excluding tert-OH is 1. The summed E-state index contributed by atoms with van der Waals surface area (Å²) >= 11 is 0. The standard InChI is InChI=1S/C35H69N2O6P/c1-3-5-7-9-11-13-15-16-17-18-19-20-22-24-26-28-34(38)33(32-43-44(40,41)42-31-30-36)37-35(39)29-27-25-23-21-14-12-10-8-6-4-2/h8,10,26,28,33-34,38H,3-7,9,11-25,27,29-32,36H2,1-2H3,(H,37,39)(H,40,41)/b10-8-,28-26+. The van der Waals surface area contributed by atoms with Gasteiger partial charge in [-0.05, 0) is 38.5 Å². The number of hydrogen-bond donors (Lipinski definition) is 4. The molecule has 0 aliphatic heterocycles. The van der Waals surface area contributed by atoms with Crippen molar-refractivity contribution < 1.29 is 28.4 Å². The van der Waals surface area contributed by atoms with Gasteiger partial charge in [0.15, 0.2) is 0 Å².